The molecule has 0 atom stereocenters. The normalized spacial score (nSPS) is 11.0. The van der Waals surface area contributed by atoms with Crippen molar-refractivity contribution in [3.05, 3.63) is 194 Å². The van der Waals surface area contributed by atoms with Crippen LogP contribution in [-0.2, 0) is 0 Å². The molecule has 4 heterocycles. The van der Waals surface area contributed by atoms with Crippen molar-refractivity contribution in [1.29, 1.82) is 0 Å². The van der Waals surface area contributed by atoms with Crippen molar-refractivity contribution in [2.45, 2.75) is 0 Å². The van der Waals surface area contributed by atoms with Gasteiger partial charge in [0.25, 0.3) is 0 Å². The van der Waals surface area contributed by atoms with E-state index in [2.05, 4.69) is 119 Å². The molecule has 0 aliphatic rings. The highest BCUT2D eigenvalue weighted by molar-refractivity contribution is 5.78. The third kappa shape index (κ3) is 6.92. The standard InChI is InChI=1S/C48H32N6/c1-3-12-33(13-4-1)34-24-26-38(27-25-34)47-52-46(37-14-5-2-6-15-37)53-48(54-47)40-17-11-16-39(30-40)35-20-22-36(23-21-35)41-31-44(42-18-7-9-28-49-42)51-45(32-41)43-19-8-10-29-50-43/h1-32H. The Balaban J connectivity index is 1.06. The predicted molar refractivity (Wildman–Crippen MR) is 217 cm³/mol. The van der Waals surface area contributed by atoms with Crippen molar-refractivity contribution < 1.29 is 0 Å². The topological polar surface area (TPSA) is 77.3 Å². The van der Waals surface area contributed by atoms with E-state index >= 15 is 0 Å². The van der Waals surface area contributed by atoms with Crippen molar-refractivity contribution in [2.24, 2.45) is 0 Å². The Morgan fingerprint density at radius 1 is 0.222 bits per heavy atom. The number of rotatable bonds is 8. The van der Waals surface area contributed by atoms with Gasteiger partial charge in [0, 0.05) is 29.1 Å². The number of pyridine rings is 3. The van der Waals surface area contributed by atoms with Crippen molar-refractivity contribution in [3.8, 4) is 90.3 Å². The summed E-state index contributed by atoms with van der Waals surface area (Å²) in [5.74, 6) is 1.87. The zero-order valence-electron chi connectivity index (χ0n) is 29.2. The average Bonchev–Trinajstić information content (AvgIpc) is 3.27. The van der Waals surface area contributed by atoms with E-state index in [1.165, 1.54) is 5.56 Å². The molecule has 5 aromatic carbocycles. The van der Waals surface area contributed by atoms with Gasteiger partial charge in [-0.15, -0.1) is 0 Å². The summed E-state index contributed by atoms with van der Waals surface area (Å²) in [6.07, 6.45) is 3.58. The number of hydrogen-bond donors (Lipinski definition) is 0. The molecule has 0 N–H and O–H groups in total. The molecule has 9 aromatic rings. The van der Waals surface area contributed by atoms with Gasteiger partial charge in [-0.1, -0.05) is 140 Å². The molecule has 6 heteroatoms. The van der Waals surface area contributed by atoms with Crippen LogP contribution in [0.25, 0.3) is 90.3 Å². The highest BCUT2D eigenvalue weighted by Gasteiger charge is 2.14. The van der Waals surface area contributed by atoms with E-state index < -0.39 is 0 Å². The Labute approximate surface area is 313 Å². The molecule has 0 radical (unpaired) electrons. The highest BCUT2D eigenvalue weighted by atomic mass is 15.0. The third-order valence-electron chi connectivity index (χ3n) is 9.27. The van der Waals surface area contributed by atoms with E-state index in [0.29, 0.717) is 17.5 Å². The summed E-state index contributed by atoms with van der Waals surface area (Å²) in [5.41, 5.74) is 12.5. The summed E-state index contributed by atoms with van der Waals surface area (Å²) >= 11 is 0. The average molecular weight is 693 g/mol. The Hall–Kier alpha value is -7.44. The number of aromatic nitrogens is 6. The molecule has 0 fully saturated rings. The van der Waals surface area contributed by atoms with E-state index in [9.17, 15) is 0 Å². The van der Waals surface area contributed by atoms with Gasteiger partial charge in [-0.3, -0.25) is 9.97 Å². The Kier molecular flexibility index (Phi) is 8.81. The Bertz CT molecular complexity index is 2610. The van der Waals surface area contributed by atoms with Gasteiger partial charge in [0.2, 0.25) is 0 Å². The maximum atomic E-state index is 5.02. The molecule has 0 aliphatic heterocycles. The SMILES string of the molecule is c1ccc(-c2ccc(-c3nc(-c4ccccc4)nc(-c4cccc(-c5ccc(-c6cc(-c7ccccn7)nc(-c7ccccn7)c6)cc5)c4)n3)cc2)cc1. The van der Waals surface area contributed by atoms with Gasteiger partial charge in [0.1, 0.15) is 0 Å². The minimum Gasteiger partial charge on any atom is -0.255 e. The molecule has 0 bridgehead atoms. The van der Waals surface area contributed by atoms with Crippen LogP contribution >= 0.6 is 0 Å². The molecule has 6 nitrogen and oxygen atoms in total. The quantitative estimate of drug-likeness (QED) is 0.158. The van der Waals surface area contributed by atoms with Crippen molar-refractivity contribution in [3.63, 3.8) is 0 Å². The number of benzene rings is 5. The fourth-order valence-electron chi connectivity index (χ4n) is 6.47. The van der Waals surface area contributed by atoms with E-state index in [4.69, 9.17) is 19.9 Å². The summed E-state index contributed by atoms with van der Waals surface area (Å²) in [4.78, 5) is 29.0. The molecule has 0 aliphatic carbocycles. The molecule has 54 heavy (non-hydrogen) atoms. The van der Waals surface area contributed by atoms with Gasteiger partial charge in [0.15, 0.2) is 17.5 Å². The van der Waals surface area contributed by atoms with E-state index in [1.807, 2.05) is 72.8 Å². The van der Waals surface area contributed by atoms with Crippen LogP contribution in [0.15, 0.2) is 194 Å². The summed E-state index contributed by atoms with van der Waals surface area (Å²) in [6.45, 7) is 0. The van der Waals surface area contributed by atoms with E-state index in [-0.39, 0.29) is 0 Å². The third-order valence-corrected chi connectivity index (χ3v) is 9.27. The van der Waals surface area contributed by atoms with Crippen LogP contribution in [0.4, 0.5) is 0 Å². The second-order valence-electron chi connectivity index (χ2n) is 12.8. The van der Waals surface area contributed by atoms with Crippen LogP contribution in [0.2, 0.25) is 0 Å². The van der Waals surface area contributed by atoms with Gasteiger partial charge >= 0.3 is 0 Å². The lowest BCUT2D eigenvalue weighted by Crippen LogP contribution is -2.00. The van der Waals surface area contributed by atoms with Gasteiger partial charge in [-0.2, -0.15) is 0 Å². The van der Waals surface area contributed by atoms with Crippen LogP contribution < -0.4 is 0 Å². The first kappa shape index (κ1) is 32.5. The maximum Gasteiger partial charge on any atom is 0.164 e. The molecular weight excluding hydrogens is 661 g/mol. The largest absolute Gasteiger partial charge is 0.255 e. The van der Waals surface area contributed by atoms with Gasteiger partial charge in [-0.25, -0.2) is 19.9 Å². The second-order valence-corrected chi connectivity index (χ2v) is 12.8. The molecule has 0 spiro atoms. The zero-order valence-corrected chi connectivity index (χ0v) is 29.2. The molecule has 0 unspecified atom stereocenters. The fourth-order valence-corrected chi connectivity index (χ4v) is 6.47. The second kappa shape index (κ2) is 14.7. The zero-order chi connectivity index (χ0) is 36.1. The van der Waals surface area contributed by atoms with Crippen LogP contribution in [0, 0.1) is 0 Å². The first-order chi connectivity index (χ1) is 26.7. The predicted octanol–water partition coefficient (Wildman–Crippen LogP) is 11.4. The lowest BCUT2D eigenvalue weighted by Gasteiger charge is -2.11. The van der Waals surface area contributed by atoms with Gasteiger partial charge in [-0.05, 0) is 75.8 Å². The minimum atomic E-state index is 0.616. The maximum absolute atomic E-state index is 5.02. The first-order valence-corrected chi connectivity index (χ1v) is 17.8. The van der Waals surface area contributed by atoms with E-state index in [0.717, 1.165) is 67.3 Å². The summed E-state index contributed by atoms with van der Waals surface area (Å²) in [7, 11) is 0. The number of nitrogens with zero attached hydrogens (tertiary/aromatic N) is 6. The smallest absolute Gasteiger partial charge is 0.164 e. The lowest BCUT2D eigenvalue weighted by atomic mass is 9.98. The summed E-state index contributed by atoms with van der Waals surface area (Å²) in [5, 5.41) is 0. The highest BCUT2D eigenvalue weighted by Crippen LogP contribution is 2.33. The lowest BCUT2D eigenvalue weighted by molar-refractivity contribution is 1.07. The number of hydrogen-bond acceptors (Lipinski definition) is 6. The molecule has 0 saturated carbocycles. The van der Waals surface area contributed by atoms with Gasteiger partial charge < -0.3 is 0 Å². The van der Waals surface area contributed by atoms with Crippen molar-refractivity contribution in [1.82, 2.24) is 29.9 Å². The van der Waals surface area contributed by atoms with Crippen LogP contribution in [0.5, 0.6) is 0 Å². The van der Waals surface area contributed by atoms with Crippen molar-refractivity contribution in [2.75, 3.05) is 0 Å². The minimum absolute atomic E-state index is 0.616. The van der Waals surface area contributed by atoms with Crippen LogP contribution in [0.3, 0.4) is 0 Å². The van der Waals surface area contributed by atoms with Crippen LogP contribution in [-0.4, -0.2) is 29.9 Å². The molecule has 9 rings (SSSR count). The first-order valence-electron chi connectivity index (χ1n) is 17.8. The molecule has 0 saturated heterocycles. The summed E-state index contributed by atoms with van der Waals surface area (Å²) in [6, 6.07) is 61.7. The van der Waals surface area contributed by atoms with E-state index in [1.54, 1.807) is 12.4 Å². The molecule has 0 amide bonds. The van der Waals surface area contributed by atoms with Crippen LogP contribution in [0.1, 0.15) is 0 Å². The molecule has 4 aromatic heterocycles. The Morgan fingerprint density at radius 3 is 1.15 bits per heavy atom. The fraction of sp³-hybridized carbons (Fsp3) is 0. The van der Waals surface area contributed by atoms with Gasteiger partial charge in [0.05, 0.1) is 22.8 Å². The Morgan fingerprint density at radius 2 is 0.611 bits per heavy atom. The monoisotopic (exact) mass is 692 g/mol. The summed E-state index contributed by atoms with van der Waals surface area (Å²) < 4.78 is 0. The van der Waals surface area contributed by atoms with Crippen molar-refractivity contribution >= 4 is 0 Å². The molecule has 254 valence electrons. The molecular formula is C48H32N6.